The Morgan fingerprint density at radius 3 is 3.06 bits per heavy atom. The van der Waals surface area contributed by atoms with Crippen molar-refractivity contribution in [2.75, 3.05) is 11.4 Å². The number of aliphatic hydroxyl groups is 1. The maximum absolute atomic E-state index is 9.32. The van der Waals surface area contributed by atoms with Crippen LogP contribution in [0, 0.1) is 0 Å². The predicted octanol–water partition coefficient (Wildman–Crippen LogP) is 1.66. The SMILES string of the molecule is OCc1cncnc1N1CCc2ccccc21. The molecule has 0 fully saturated rings. The van der Waals surface area contributed by atoms with E-state index in [1.54, 1.807) is 6.20 Å². The summed E-state index contributed by atoms with van der Waals surface area (Å²) in [7, 11) is 0. The Morgan fingerprint density at radius 1 is 1.29 bits per heavy atom. The quantitative estimate of drug-likeness (QED) is 0.847. The first-order valence-corrected chi connectivity index (χ1v) is 5.65. The topological polar surface area (TPSA) is 49.3 Å². The highest BCUT2D eigenvalue weighted by Crippen LogP contribution is 2.34. The van der Waals surface area contributed by atoms with E-state index in [4.69, 9.17) is 0 Å². The molecule has 0 saturated carbocycles. The smallest absolute Gasteiger partial charge is 0.141 e. The highest BCUT2D eigenvalue weighted by atomic mass is 16.3. The molecule has 0 radical (unpaired) electrons. The molecule has 2 heterocycles. The van der Waals surface area contributed by atoms with Crippen molar-refractivity contribution in [2.45, 2.75) is 13.0 Å². The van der Waals surface area contributed by atoms with Crippen molar-refractivity contribution in [3.05, 3.63) is 47.9 Å². The van der Waals surface area contributed by atoms with Gasteiger partial charge in [-0.15, -0.1) is 0 Å². The Kier molecular flexibility index (Phi) is 2.49. The second kappa shape index (κ2) is 4.14. The van der Waals surface area contributed by atoms with Gasteiger partial charge < -0.3 is 10.0 Å². The highest BCUT2D eigenvalue weighted by Gasteiger charge is 2.22. The summed E-state index contributed by atoms with van der Waals surface area (Å²) in [6.45, 7) is 0.873. The van der Waals surface area contributed by atoms with Crippen LogP contribution in [0.5, 0.6) is 0 Å². The van der Waals surface area contributed by atoms with Crippen molar-refractivity contribution in [3.63, 3.8) is 0 Å². The van der Waals surface area contributed by atoms with Gasteiger partial charge in [-0.1, -0.05) is 18.2 Å². The molecule has 1 aliphatic rings. The van der Waals surface area contributed by atoms with Crippen LogP contribution in [0.3, 0.4) is 0 Å². The maximum atomic E-state index is 9.32. The molecular formula is C13H13N3O. The van der Waals surface area contributed by atoms with Gasteiger partial charge in [0, 0.05) is 24.0 Å². The molecule has 0 spiro atoms. The standard InChI is InChI=1S/C13H13N3O/c17-8-11-7-14-9-15-13(11)16-6-5-10-3-1-2-4-12(10)16/h1-4,7,9,17H,5-6,8H2. The van der Waals surface area contributed by atoms with Gasteiger partial charge in [0.2, 0.25) is 0 Å². The van der Waals surface area contributed by atoms with E-state index < -0.39 is 0 Å². The van der Waals surface area contributed by atoms with E-state index in [1.165, 1.54) is 17.6 Å². The number of hydrogen-bond acceptors (Lipinski definition) is 4. The summed E-state index contributed by atoms with van der Waals surface area (Å²) in [6.07, 6.45) is 4.21. The third-order valence-electron chi connectivity index (χ3n) is 3.08. The van der Waals surface area contributed by atoms with Gasteiger partial charge in [-0.05, 0) is 18.1 Å². The van der Waals surface area contributed by atoms with Crippen LogP contribution < -0.4 is 4.90 Å². The van der Waals surface area contributed by atoms with Gasteiger partial charge >= 0.3 is 0 Å². The second-order valence-electron chi connectivity index (χ2n) is 4.06. The van der Waals surface area contributed by atoms with Crippen LogP contribution in [0.4, 0.5) is 11.5 Å². The van der Waals surface area contributed by atoms with E-state index in [-0.39, 0.29) is 6.61 Å². The minimum atomic E-state index is -0.0329. The Labute approximate surface area is 99.6 Å². The summed E-state index contributed by atoms with van der Waals surface area (Å²) in [5.74, 6) is 0.812. The summed E-state index contributed by atoms with van der Waals surface area (Å²) in [6, 6.07) is 8.30. The molecule has 1 N–H and O–H groups in total. The van der Waals surface area contributed by atoms with Crippen LogP contribution in [0.2, 0.25) is 0 Å². The largest absolute Gasteiger partial charge is 0.391 e. The number of hydrogen-bond donors (Lipinski definition) is 1. The first-order chi connectivity index (χ1) is 8.40. The molecule has 4 heteroatoms. The molecule has 0 atom stereocenters. The zero-order valence-corrected chi connectivity index (χ0v) is 9.37. The summed E-state index contributed by atoms with van der Waals surface area (Å²) < 4.78 is 0. The van der Waals surface area contributed by atoms with Crippen molar-refractivity contribution < 1.29 is 5.11 Å². The Balaban J connectivity index is 2.07. The Bertz CT molecular complexity index is 542. The minimum Gasteiger partial charge on any atom is -0.391 e. The van der Waals surface area contributed by atoms with Crippen molar-refractivity contribution in [1.82, 2.24) is 9.97 Å². The van der Waals surface area contributed by atoms with Gasteiger partial charge in [0.25, 0.3) is 0 Å². The van der Waals surface area contributed by atoms with Gasteiger partial charge in [-0.25, -0.2) is 9.97 Å². The monoisotopic (exact) mass is 227 g/mol. The number of para-hydroxylation sites is 1. The van der Waals surface area contributed by atoms with Crippen LogP contribution in [-0.2, 0) is 13.0 Å². The van der Waals surface area contributed by atoms with Crippen molar-refractivity contribution in [1.29, 1.82) is 0 Å². The lowest BCUT2D eigenvalue weighted by Crippen LogP contribution is -2.17. The molecule has 0 amide bonds. The number of benzene rings is 1. The van der Waals surface area contributed by atoms with Gasteiger partial charge in [-0.3, -0.25) is 0 Å². The lowest BCUT2D eigenvalue weighted by atomic mass is 10.2. The predicted molar refractivity (Wildman–Crippen MR) is 65.1 cm³/mol. The van der Waals surface area contributed by atoms with Crippen LogP contribution >= 0.6 is 0 Å². The lowest BCUT2D eigenvalue weighted by Gasteiger charge is -2.20. The van der Waals surface area contributed by atoms with Gasteiger partial charge in [-0.2, -0.15) is 0 Å². The lowest BCUT2D eigenvalue weighted by molar-refractivity contribution is 0.281. The number of aromatic nitrogens is 2. The first kappa shape index (κ1) is 10.2. The molecule has 0 saturated heterocycles. The first-order valence-electron chi connectivity index (χ1n) is 5.65. The van der Waals surface area contributed by atoms with E-state index >= 15 is 0 Å². The molecule has 3 rings (SSSR count). The number of fused-ring (bicyclic) bond motifs is 1. The molecule has 86 valence electrons. The molecule has 0 aliphatic carbocycles. The molecule has 2 aromatic rings. The van der Waals surface area contributed by atoms with Crippen LogP contribution in [0.1, 0.15) is 11.1 Å². The molecule has 1 aromatic carbocycles. The third kappa shape index (κ3) is 1.66. The van der Waals surface area contributed by atoms with Crippen molar-refractivity contribution in [3.8, 4) is 0 Å². The average molecular weight is 227 g/mol. The highest BCUT2D eigenvalue weighted by molar-refractivity contribution is 5.68. The van der Waals surface area contributed by atoms with E-state index in [1.807, 2.05) is 6.07 Å². The van der Waals surface area contributed by atoms with E-state index in [2.05, 4.69) is 33.1 Å². The molecule has 4 nitrogen and oxygen atoms in total. The summed E-state index contributed by atoms with van der Waals surface area (Å²) >= 11 is 0. The number of nitrogens with zero attached hydrogens (tertiary/aromatic N) is 3. The molecular weight excluding hydrogens is 214 g/mol. The fourth-order valence-electron chi connectivity index (χ4n) is 2.26. The fraction of sp³-hybridized carbons (Fsp3) is 0.231. The van der Waals surface area contributed by atoms with Gasteiger partial charge in [0.15, 0.2) is 0 Å². The Hall–Kier alpha value is -1.94. The van der Waals surface area contributed by atoms with Gasteiger partial charge in [0.1, 0.15) is 12.1 Å². The normalized spacial score (nSPS) is 13.8. The van der Waals surface area contributed by atoms with Crippen LogP contribution in [0.15, 0.2) is 36.8 Å². The van der Waals surface area contributed by atoms with Gasteiger partial charge in [0.05, 0.1) is 6.61 Å². The molecule has 1 aliphatic heterocycles. The van der Waals surface area contributed by atoms with Crippen LogP contribution in [0.25, 0.3) is 0 Å². The zero-order valence-electron chi connectivity index (χ0n) is 9.37. The van der Waals surface area contributed by atoms with Crippen molar-refractivity contribution >= 4 is 11.5 Å². The van der Waals surface area contributed by atoms with E-state index in [9.17, 15) is 5.11 Å². The van der Waals surface area contributed by atoms with E-state index in [0.717, 1.165) is 24.3 Å². The summed E-state index contributed by atoms with van der Waals surface area (Å²) in [4.78, 5) is 10.4. The van der Waals surface area contributed by atoms with Crippen molar-refractivity contribution in [2.24, 2.45) is 0 Å². The fourth-order valence-corrected chi connectivity index (χ4v) is 2.26. The second-order valence-corrected chi connectivity index (χ2v) is 4.06. The summed E-state index contributed by atoms with van der Waals surface area (Å²) in [5.41, 5.74) is 3.28. The summed E-state index contributed by atoms with van der Waals surface area (Å²) in [5, 5.41) is 9.32. The Morgan fingerprint density at radius 2 is 2.18 bits per heavy atom. The number of aliphatic hydroxyl groups excluding tert-OH is 1. The number of anilines is 2. The molecule has 0 bridgehead atoms. The van der Waals surface area contributed by atoms with E-state index in [0.29, 0.717) is 0 Å². The molecule has 17 heavy (non-hydrogen) atoms. The number of rotatable bonds is 2. The zero-order chi connectivity index (χ0) is 11.7. The molecule has 0 unspecified atom stereocenters. The third-order valence-corrected chi connectivity index (χ3v) is 3.08. The van der Waals surface area contributed by atoms with Crippen LogP contribution in [-0.4, -0.2) is 21.6 Å². The minimum absolute atomic E-state index is 0.0329. The maximum Gasteiger partial charge on any atom is 0.141 e. The molecule has 1 aromatic heterocycles. The average Bonchev–Trinajstić information content (AvgIpc) is 2.82.